The topological polar surface area (TPSA) is 93.8 Å². The highest BCUT2D eigenvalue weighted by molar-refractivity contribution is 6.33. The maximum absolute atomic E-state index is 13.1. The molecule has 1 heterocycles. The van der Waals surface area contributed by atoms with Crippen LogP contribution in [0, 0.1) is 29.6 Å². The van der Waals surface area contributed by atoms with Crippen LogP contribution < -0.4 is 5.32 Å². The average Bonchev–Trinajstić information content (AvgIpc) is 3.00. The number of allylic oxidation sites excluding steroid dienone is 1. The molecule has 1 aliphatic carbocycles. The Bertz CT molecular complexity index is 1150. The van der Waals surface area contributed by atoms with Gasteiger partial charge >= 0.3 is 0 Å². The van der Waals surface area contributed by atoms with Crippen molar-refractivity contribution in [3.8, 4) is 12.1 Å². The summed E-state index contributed by atoms with van der Waals surface area (Å²) < 4.78 is 0. The Labute approximate surface area is 149 Å². The second kappa shape index (κ2) is 5.54. The Balaban J connectivity index is 2.04. The summed E-state index contributed by atoms with van der Waals surface area (Å²) in [5, 5.41) is 21.5. The molecule has 0 radical (unpaired) electrons. The molecule has 0 unspecified atom stereocenters. The van der Waals surface area contributed by atoms with Crippen LogP contribution in [0.2, 0.25) is 0 Å². The first-order valence-corrected chi connectivity index (χ1v) is 7.91. The molecule has 0 fully saturated rings. The summed E-state index contributed by atoms with van der Waals surface area (Å²) in [5.74, 6) is -0.805. The fourth-order valence-corrected chi connectivity index (χ4v) is 3.28. The van der Waals surface area contributed by atoms with Crippen molar-refractivity contribution in [2.45, 2.75) is 6.92 Å². The van der Waals surface area contributed by atoms with Crippen LogP contribution in [0.25, 0.3) is 11.3 Å². The van der Waals surface area contributed by atoms with Gasteiger partial charge in [-0.3, -0.25) is 9.59 Å². The highest BCUT2D eigenvalue weighted by atomic mass is 16.2. The van der Waals surface area contributed by atoms with E-state index >= 15 is 0 Å². The molecule has 1 aliphatic heterocycles. The van der Waals surface area contributed by atoms with E-state index in [2.05, 4.69) is 5.32 Å². The van der Waals surface area contributed by atoms with Crippen molar-refractivity contribution in [2.24, 2.45) is 0 Å². The predicted octanol–water partition coefficient (Wildman–Crippen LogP) is 2.88. The van der Waals surface area contributed by atoms with E-state index in [1.807, 2.05) is 43.3 Å². The lowest BCUT2D eigenvalue weighted by molar-refractivity contribution is -0.115. The number of ketones is 1. The number of benzene rings is 2. The second-order valence-electron chi connectivity index (χ2n) is 6.13. The van der Waals surface area contributed by atoms with Gasteiger partial charge in [-0.2, -0.15) is 10.5 Å². The maximum atomic E-state index is 13.1. The van der Waals surface area contributed by atoms with Crippen molar-refractivity contribution in [1.29, 1.82) is 10.5 Å². The summed E-state index contributed by atoms with van der Waals surface area (Å²) in [4.78, 5) is 25.6. The lowest BCUT2D eigenvalue weighted by Gasteiger charge is -2.17. The number of hydrogen-bond donors (Lipinski definition) is 1. The molecule has 26 heavy (non-hydrogen) atoms. The van der Waals surface area contributed by atoms with Crippen LogP contribution in [-0.4, -0.2) is 11.7 Å². The number of nitrogens with zero attached hydrogens (tertiary/aromatic N) is 2. The zero-order valence-corrected chi connectivity index (χ0v) is 13.8. The molecule has 4 rings (SSSR count). The average molecular weight is 337 g/mol. The number of carbonyl (C=O) groups is 2. The van der Waals surface area contributed by atoms with Crippen LogP contribution >= 0.6 is 0 Å². The Morgan fingerprint density at radius 1 is 0.885 bits per heavy atom. The summed E-state index contributed by atoms with van der Waals surface area (Å²) in [6, 6.07) is 16.0. The van der Waals surface area contributed by atoms with Gasteiger partial charge in [0, 0.05) is 11.1 Å². The largest absolute Gasteiger partial charge is 0.321 e. The number of hydrogen-bond acceptors (Lipinski definition) is 4. The number of nitriles is 2. The zero-order valence-electron chi connectivity index (χ0n) is 13.8. The van der Waals surface area contributed by atoms with Crippen molar-refractivity contribution in [2.75, 3.05) is 0 Å². The van der Waals surface area contributed by atoms with Crippen molar-refractivity contribution < 1.29 is 9.59 Å². The van der Waals surface area contributed by atoms with Gasteiger partial charge in [-0.15, -0.1) is 0 Å². The van der Waals surface area contributed by atoms with E-state index < -0.39 is 5.91 Å². The Morgan fingerprint density at radius 3 is 2.27 bits per heavy atom. The van der Waals surface area contributed by atoms with Gasteiger partial charge in [0.2, 0.25) is 0 Å². The molecule has 2 aromatic rings. The monoisotopic (exact) mass is 337 g/mol. The molecule has 2 aliphatic rings. The van der Waals surface area contributed by atoms with Gasteiger partial charge in [-0.25, -0.2) is 0 Å². The van der Waals surface area contributed by atoms with Gasteiger partial charge in [0.05, 0.1) is 34.0 Å². The number of nitrogens with one attached hydrogen (secondary N) is 1. The Morgan fingerprint density at radius 2 is 1.62 bits per heavy atom. The number of fused-ring (bicyclic) bond motifs is 2. The number of carbonyl (C=O) groups excluding carboxylic acids is 2. The second-order valence-corrected chi connectivity index (χ2v) is 6.13. The molecule has 0 bridgehead atoms. The Kier molecular flexibility index (Phi) is 3.32. The summed E-state index contributed by atoms with van der Waals surface area (Å²) in [5.41, 5.74) is 3.57. The van der Waals surface area contributed by atoms with E-state index in [4.69, 9.17) is 5.26 Å². The van der Waals surface area contributed by atoms with E-state index in [1.165, 1.54) is 18.2 Å². The van der Waals surface area contributed by atoms with Gasteiger partial charge in [0.1, 0.15) is 6.07 Å². The van der Waals surface area contributed by atoms with Gasteiger partial charge in [0.15, 0.2) is 5.78 Å². The summed E-state index contributed by atoms with van der Waals surface area (Å²) >= 11 is 0. The van der Waals surface area contributed by atoms with Crippen molar-refractivity contribution in [3.05, 3.63) is 81.4 Å². The van der Waals surface area contributed by atoms with Crippen LogP contribution in [0.4, 0.5) is 0 Å². The standard InChI is InChI=1S/C21H11N3O2/c1-11-2-5-13(6-3-11)19-18-17(21(26)24-19)16(10-23)15-8-12(9-22)4-7-14(15)20(18)25/h2-8H,1H3,(H,24,26). The third-order valence-corrected chi connectivity index (χ3v) is 4.56. The molecular formula is C21H11N3O2. The molecule has 5 nitrogen and oxygen atoms in total. The first kappa shape index (κ1) is 15.6. The Hall–Kier alpha value is -3.96. The SMILES string of the molecule is Cc1ccc(C2=C3C(=O)c4ccc(C#N)cc4C(C#N)=C3C(=O)N2)cc1. The van der Waals surface area contributed by atoms with Crippen LogP contribution in [0.1, 0.15) is 32.6 Å². The third kappa shape index (κ3) is 2.08. The number of amides is 1. The first-order valence-electron chi connectivity index (χ1n) is 7.91. The van der Waals surface area contributed by atoms with E-state index in [0.29, 0.717) is 28.0 Å². The number of Topliss-reactive ketones (excluding diaryl/α,β-unsaturated/α-hetero) is 1. The van der Waals surface area contributed by atoms with Crippen molar-refractivity contribution in [3.63, 3.8) is 0 Å². The minimum absolute atomic E-state index is 0.0793. The minimum Gasteiger partial charge on any atom is -0.321 e. The molecule has 0 aromatic heterocycles. The quantitative estimate of drug-likeness (QED) is 0.866. The highest BCUT2D eigenvalue weighted by Gasteiger charge is 2.40. The molecule has 0 atom stereocenters. The molecule has 2 aromatic carbocycles. The first-order chi connectivity index (χ1) is 12.5. The van der Waals surface area contributed by atoms with Crippen LogP contribution in [0.5, 0.6) is 0 Å². The lowest BCUT2D eigenvalue weighted by Crippen LogP contribution is -2.19. The van der Waals surface area contributed by atoms with Gasteiger partial charge in [-0.05, 0) is 30.7 Å². The normalized spacial score (nSPS) is 15.2. The molecule has 0 spiro atoms. The molecular weight excluding hydrogens is 326 g/mol. The van der Waals surface area contributed by atoms with Gasteiger partial charge < -0.3 is 5.32 Å². The number of aryl methyl sites for hydroxylation is 1. The minimum atomic E-state index is -0.478. The fourth-order valence-electron chi connectivity index (χ4n) is 3.28. The zero-order chi connectivity index (χ0) is 18.4. The van der Waals surface area contributed by atoms with Crippen molar-refractivity contribution in [1.82, 2.24) is 5.32 Å². The third-order valence-electron chi connectivity index (χ3n) is 4.56. The molecule has 0 saturated carbocycles. The van der Waals surface area contributed by atoms with Gasteiger partial charge in [0.25, 0.3) is 5.91 Å². The maximum Gasteiger partial charge on any atom is 0.257 e. The molecule has 122 valence electrons. The molecule has 1 amide bonds. The van der Waals surface area contributed by atoms with Gasteiger partial charge in [-0.1, -0.05) is 29.8 Å². The summed E-state index contributed by atoms with van der Waals surface area (Å²) in [6.07, 6.45) is 0. The lowest BCUT2D eigenvalue weighted by atomic mass is 9.81. The molecule has 0 saturated heterocycles. The van der Waals surface area contributed by atoms with E-state index in [0.717, 1.165) is 5.56 Å². The smallest absolute Gasteiger partial charge is 0.257 e. The predicted molar refractivity (Wildman–Crippen MR) is 94.3 cm³/mol. The van der Waals surface area contributed by atoms with E-state index in [-0.39, 0.29) is 22.5 Å². The molecule has 5 heteroatoms. The molecule has 1 N–H and O–H groups in total. The van der Waals surface area contributed by atoms with Crippen molar-refractivity contribution >= 4 is 23.0 Å². The van der Waals surface area contributed by atoms with Crippen LogP contribution in [0.15, 0.2) is 53.6 Å². The highest BCUT2D eigenvalue weighted by Crippen LogP contribution is 2.41. The summed E-state index contributed by atoms with van der Waals surface area (Å²) in [6.45, 7) is 1.95. The van der Waals surface area contributed by atoms with Crippen LogP contribution in [-0.2, 0) is 4.79 Å². The van der Waals surface area contributed by atoms with Crippen LogP contribution in [0.3, 0.4) is 0 Å². The number of rotatable bonds is 1. The fraction of sp³-hybridized carbons (Fsp3) is 0.0476. The van der Waals surface area contributed by atoms with E-state index in [9.17, 15) is 14.9 Å². The summed E-state index contributed by atoms with van der Waals surface area (Å²) in [7, 11) is 0. The van der Waals surface area contributed by atoms with E-state index in [1.54, 1.807) is 0 Å².